The highest BCUT2D eigenvalue weighted by Crippen LogP contribution is 2.21. The smallest absolute Gasteiger partial charge is 0.338 e. The average Bonchev–Trinajstić information content (AvgIpc) is 2.44. The number of aliphatic hydroxyl groups excluding tert-OH is 2. The van der Waals surface area contributed by atoms with E-state index < -0.39 is 30.0 Å². The summed E-state index contributed by atoms with van der Waals surface area (Å²) in [6.45, 7) is 1.56. The van der Waals surface area contributed by atoms with E-state index in [1.54, 1.807) is 0 Å². The van der Waals surface area contributed by atoms with E-state index in [1.165, 1.54) is 6.92 Å². The Morgan fingerprint density at radius 3 is 2.50 bits per heavy atom. The van der Waals surface area contributed by atoms with Crippen LogP contribution in [-0.2, 0) is 14.3 Å². The number of methoxy groups -OCH3 is 1. The van der Waals surface area contributed by atoms with Gasteiger partial charge in [-0.05, 0) is 30.7 Å². The monoisotopic (exact) mass is 286 g/mol. The van der Waals surface area contributed by atoms with Gasteiger partial charge in [-0.3, -0.25) is 0 Å². The Morgan fingerprint density at radius 2 is 1.95 bits per heavy atom. The van der Waals surface area contributed by atoms with Gasteiger partial charge in [-0.1, -0.05) is 0 Å². The van der Waals surface area contributed by atoms with Gasteiger partial charge in [-0.25, -0.2) is 14.0 Å². The van der Waals surface area contributed by atoms with Crippen molar-refractivity contribution >= 4 is 11.9 Å². The molecular weight excluding hydrogens is 271 g/mol. The van der Waals surface area contributed by atoms with Crippen LogP contribution in [0.1, 0.15) is 28.9 Å². The molecule has 2 unspecified atom stereocenters. The topological polar surface area (TPSA) is 93.1 Å². The first-order valence-electron chi connectivity index (χ1n) is 5.82. The maximum atomic E-state index is 13.4. The summed E-state index contributed by atoms with van der Waals surface area (Å²) in [6, 6.07) is 2.94. The Morgan fingerprint density at radius 1 is 1.30 bits per heavy atom. The summed E-state index contributed by atoms with van der Waals surface area (Å²) in [6.07, 6.45) is -3.59. The molecule has 1 aromatic carbocycles. The number of aliphatic hydroxyl groups is 2. The third-order valence-electron chi connectivity index (χ3n) is 2.51. The minimum atomic E-state index is -1.87. The summed E-state index contributed by atoms with van der Waals surface area (Å²) < 4.78 is 22.4. The van der Waals surface area contributed by atoms with Gasteiger partial charge in [0, 0.05) is 0 Å². The van der Waals surface area contributed by atoms with Crippen LogP contribution < -0.4 is 0 Å². The molecule has 7 heteroatoms. The van der Waals surface area contributed by atoms with Crippen molar-refractivity contribution < 1.29 is 33.7 Å². The predicted octanol–water partition coefficient (Wildman–Crippen LogP) is 0.570. The van der Waals surface area contributed by atoms with Gasteiger partial charge in [0.1, 0.15) is 11.9 Å². The molecule has 0 aliphatic heterocycles. The van der Waals surface area contributed by atoms with Crippen LogP contribution in [-0.4, -0.2) is 42.0 Å². The fraction of sp³-hybridized carbons (Fsp3) is 0.385. The Labute approximate surface area is 114 Å². The summed E-state index contributed by atoms with van der Waals surface area (Å²) in [4.78, 5) is 22.6. The molecule has 0 heterocycles. The quantitative estimate of drug-likeness (QED) is 0.769. The molecule has 0 aromatic heterocycles. The number of esters is 2. The first-order valence-corrected chi connectivity index (χ1v) is 5.82. The van der Waals surface area contributed by atoms with Crippen LogP contribution in [0.5, 0.6) is 0 Å². The Hall–Kier alpha value is -1.99. The SMILES string of the molecule is CCOC(=O)C(O)C(O)c1cc(F)cc(C(=O)OC)c1. The second kappa shape index (κ2) is 6.97. The number of ether oxygens (including phenoxy) is 2. The van der Waals surface area contributed by atoms with E-state index >= 15 is 0 Å². The third kappa shape index (κ3) is 3.75. The van der Waals surface area contributed by atoms with Crippen molar-refractivity contribution in [2.24, 2.45) is 0 Å². The third-order valence-corrected chi connectivity index (χ3v) is 2.51. The van der Waals surface area contributed by atoms with Gasteiger partial charge in [-0.2, -0.15) is 0 Å². The van der Waals surface area contributed by atoms with E-state index in [-0.39, 0.29) is 17.7 Å². The van der Waals surface area contributed by atoms with Gasteiger partial charge in [0.15, 0.2) is 6.10 Å². The Balaban J connectivity index is 3.03. The first kappa shape index (κ1) is 16.1. The van der Waals surface area contributed by atoms with Crippen molar-refractivity contribution in [3.63, 3.8) is 0 Å². The molecule has 6 nitrogen and oxygen atoms in total. The second-order valence-electron chi connectivity index (χ2n) is 3.91. The lowest BCUT2D eigenvalue weighted by molar-refractivity contribution is -0.159. The van der Waals surface area contributed by atoms with Crippen LogP contribution in [0, 0.1) is 5.82 Å². The summed E-state index contributed by atoms with van der Waals surface area (Å²) in [5.74, 6) is -2.65. The van der Waals surface area contributed by atoms with Crippen LogP contribution in [0.3, 0.4) is 0 Å². The maximum Gasteiger partial charge on any atom is 0.338 e. The summed E-state index contributed by atoms with van der Waals surface area (Å²) in [5, 5.41) is 19.4. The van der Waals surface area contributed by atoms with Gasteiger partial charge in [0.2, 0.25) is 0 Å². The van der Waals surface area contributed by atoms with Crippen molar-refractivity contribution in [1.82, 2.24) is 0 Å². The molecule has 0 fully saturated rings. The molecule has 0 saturated heterocycles. The molecule has 1 aromatic rings. The molecule has 1 rings (SSSR count). The lowest BCUT2D eigenvalue weighted by Crippen LogP contribution is -2.30. The minimum Gasteiger partial charge on any atom is -0.465 e. The summed E-state index contributed by atoms with van der Waals surface area (Å²) in [5.41, 5.74) is -0.274. The van der Waals surface area contributed by atoms with Gasteiger partial charge < -0.3 is 19.7 Å². The summed E-state index contributed by atoms with van der Waals surface area (Å²) in [7, 11) is 1.12. The molecule has 110 valence electrons. The number of carbonyl (C=O) groups is 2. The van der Waals surface area contributed by atoms with E-state index in [0.29, 0.717) is 0 Å². The molecule has 0 spiro atoms. The van der Waals surface area contributed by atoms with Crippen molar-refractivity contribution in [3.8, 4) is 0 Å². The normalized spacial score (nSPS) is 13.4. The molecule has 0 bridgehead atoms. The lowest BCUT2D eigenvalue weighted by atomic mass is 10.0. The minimum absolute atomic E-state index is 0.0270. The van der Waals surface area contributed by atoms with Gasteiger partial charge in [0.05, 0.1) is 19.3 Å². The molecule has 0 aliphatic carbocycles. The highest BCUT2D eigenvalue weighted by molar-refractivity contribution is 5.89. The zero-order valence-electron chi connectivity index (χ0n) is 11.0. The molecule has 2 atom stereocenters. The Kier molecular flexibility index (Phi) is 5.60. The van der Waals surface area contributed by atoms with Crippen LogP contribution in [0.25, 0.3) is 0 Å². The highest BCUT2D eigenvalue weighted by atomic mass is 19.1. The van der Waals surface area contributed by atoms with E-state index in [4.69, 9.17) is 0 Å². The second-order valence-corrected chi connectivity index (χ2v) is 3.91. The number of rotatable bonds is 5. The fourth-order valence-corrected chi connectivity index (χ4v) is 1.56. The number of hydrogen-bond acceptors (Lipinski definition) is 6. The zero-order chi connectivity index (χ0) is 15.3. The largest absolute Gasteiger partial charge is 0.465 e. The van der Waals surface area contributed by atoms with E-state index in [2.05, 4.69) is 9.47 Å². The fourth-order valence-electron chi connectivity index (χ4n) is 1.56. The average molecular weight is 286 g/mol. The van der Waals surface area contributed by atoms with E-state index in [0.717, 1.165) is 25.3 Å². The lowest BCUT2D eigenvalue weighted by Gasteiger charge is -2.17. The number of carbonyl (C=O) groups excluding carboxylic acids is 2. The number of benzene rings is 1. The summed E-state index contributed by atoms with van der Waals surface area (Å²) >= 11 is 0. The van der Waals surface area contributed by atoms with Crippen molar-refractivity contribution in [2.75, 3.05) is 13.7 Å². The molecule has 0 amide bonds. The van der Waals surface area contributed by atoms with Gasteiger partial charge in [0.25, 0.3) is 0 Å². The van der Waals surface area contributed by atoms with Crippen LogP contribution in [0.2, 0.25) is 0 Å². The van der Waals surface area contributed by atoms with Crippen molar-refractivity contribution in [3.05, 3.63) is 35.1 Å². The van der Waals surface area contributed by atoms with Crippen LogP contribution >= 0.6 is 0 Å². The van der Waals surface area contributed by atoms with Crippen LogP contribution in [0.4, 0.5) is 4.39 Å². The standard InChI is InChI=1S/C13H15FO6/c1-3-20-13(18)11(16)10(15)7-4-8(12(17)19-2)6-9(14)5-7/h4-6,10-11,15-16H,3H2,1-2H3. The molecule has 0 aliphatic rings. The zero-order valence-corrected chi connectivity index (χ0v) is 11.0. The van der Waals surface area contributed by atoms with Gasteiger partial charge >= 0.3 is 11.9 Å². The number of hydrogen-bond donors (Lipinski definition) is 2. The van der Waals surface area contributed by atoms with E-state index in [9.17, 15) is 24.2 Å². The van der Waals surface area contributed by atoms with Crippen molar-refractivity contribution in [1.29, 1.82) is 0 Å². The Bertz CT molecular complexity index is 502. The molecule has 2 N–H and O–H groups in total. The number of halogens is 1. The molecule has 0 saturated carbocycles. The molecule has 20 heavy (non-hydrogen) atoms. The first-order chi connectivity index (χ1) is 9.40. The van der Waals surface area contributed by atoms with Crippen LogP contribution in [0.15, 0.2) is 18.2 Å². The highest BCUT2D eigenvalue weighted by Gasteiger charge is 2.28. The van der Waals surface area contributed by atoms with E-state index in [1.807, 2.05) is 0 Å². The molecular formula is C13H15FO6. The molecule has 0 radical (unpaired) electrons. The van der Waals surface area contributed by atoms with Crippen molar-refractivity contribution in [2.45, 2.75) is 19.1 Å². The van der Waals surface area contributed by atoms with Gasteiger partial charge in [-0.15, -0.1) is 0 Å². The predicted molar refractivity (Wildman–Crippen MR) is 65.3 cm³/mol. The maximum absolute atomic E-state index is 13.4.